The Morgan fingerprint density at radius 2 is 1.74 bits per heavy atom. The average molecular weight is 449 g/mol. The summed E-state index contributed by atoms with van der Waals surface area (Å²) in [5.41, 5.74) is 2.23. The fourth-order valence-electron chi connectivity index (χ4n) is 3.55. The van der Waals surface area contributed by atoms with Crippen LogP contribution in [0.25, 0.3) is 0 Å². The lowest BCUT2D eigenvalue weighted by atomic mass is 10.1. The summed E-state index contributed by atoms with van der Waals surface area (Å²) in [6, 6.07) is 11.4. The number of hydrogen-bond acceptors (Lipinski definition) is 4. The molecule has 6 nitrogen and oxygen atoms in total. The molecule has 0 unspecified atom stereocenters. The zero-order chi connectivity index (χ0) is 22.4. The summed E-state index contributed by atoms with van der Waals surface area (Å²) in [5, 5.41) is 0. The van der Waals surface area contributed by atoms with Crippen molar-refractivity contribution in [2.75, 3.05) is 32.8 Å². The first kappa shape index (κ1) is 23.2. The molecule has 1 aliphatic rings. The summed E-state index contributed by atoms with van der Waals surface area (Å²) in [5.74, 6) is 0.122. The maximum absolute atomic E-state index is 13.9. The number of ether oxygens (including phenoxy) is 1. The predicted molar refractivity (Wildman–Crippen MR) is 117 cm³/mol. The molecule has 0 spiro atoms. The van der Waals surface area contributed by atoms with Crippen LogP contribution in [0.3, 0.4) is 0 Å². The van der Waals surface area contributed by atoms with Gasteiger partial charge in [0.25, 0.3) is 0 Å². The molecule has 2 aromatic carbocycles. The maximum atomic E-state index is 13.9. The van der Waals surface area contributed by atoms with E-state index in [4.69, 9.17) is 4.74 Å². The second kappa shape index (κ2) is 10.2. The summed E-state index contributed by atoms with van der Waals surface area (Å²) < 4.78 is 46.3. The molecule has 0 aliphatic carbocycles. The van der Waals surface area contributed by atoms with Gasteiger partial charge in [-0.2, -0.15) is 4.31 Å². The molecular formula is C23H29FN2O4S. The summed E-state index contributed by atoms with van der Waals surface area (Å²) in [6.07, 6.45) is 1.87. The van der Waals surface area contributed by atoms with Crippen molar-refractivity contribution in [3.05, 3.63) is 59.4 Å². The molecule has 1 aliphatic heterocycles. The van der Waals surface area contributed by atoms with Crippen molar-refractivity contribution in [3.63, 3.8) is 0 Å². The number of rotatable bonds is 8. The van der Waals surface area contributed by atoms with Crippen LogP contribution >= 0.6 is 0 Å². The van der Waals surface area contributed by atoms with E-state index in [1.807, 2.05) is 32.0 Å². The zero-order valence-corrected chi connectivity index (χ0v) is 18.8. The first-order valence-electron chi connectivity index (χ1n) is 10.5. The number of aryl methyl sites for hydroxylation is 2. The highest BCUT2D eigenvalue weighted by Crippen LogP contribution is 2.21. The van der Waals surface area contributed by atoms with Crippen molar-refractivity contribution >= 4 is 15.9 Å². The number of nitrogens with zero attached hydrogens (tertiary/aromatic N) is 2. The molecule has 1 saturated heterocycles. The minimum atomic E-state index is -3.90. The van der Waals surface area contributed by atoms with Crippen molar-refractivity contribution in [1.29, 1.82) is 0 Å². The largest absolute Gasteiger partial charge is 0.493 e. The first-order chi connectivity index (χ1) is 14.8. The van der Waals surface area contributed by atoms with Crippen LogP contribution in [0, 0.1) is 19.7 Å². The Balaban J connectivity index is 1.41. The molecule has 0 aromatic heterocycles. The van der Waals surface area contributed by atoms with E-state index in [2.05, 4.69) is 0 Å². The normalized spacial score (nSPS) is 15.1. The Hall–Kier alpha value is -2.45. The van der Waals surface area contributed by atoms with E-state index in [1.54, 1.807) is 4.90 Å². The fraction of sp³-hybridized carbons (Fsp3) is 0.435. The Bertz CT molecular complexity index is 1020. The molecule has 1 fully saturated rings. The SMILES string of the molecule is Cc1ccc(C)c(OCCCCC(=O)N2CCN(S(=O)(=O)c3ccccc3F)CC2)c1. The van der Waals surface area contributed by atoms with Crippen LogP contribution in [0.4, 0.5) is 4.39 Å². The number of halogens is 1. The van der Waals surface area contributed by atoms with E-state index in [0.717, 1.165) is 29.4 Å². The van der Waals surface area contributed by atoms with Crippen LogP contribution in [-0.2, 0) is 14.8 Å². The molecule has 0 bridgehead atoms. The van der Waals surface area contributed by atoms with E-state index in [-0.39, 0.29) is 23.9 Å². The standard InChI is InChI=1S/C23H29FN2O4S/c1-18-10-11-19(2)21(17-18)30-16-6-5-9-23(27)25-12-14-26(15-13-25)31(28,29)22-8-4-3-7-20(22)24/h3-4,7-8,10-11,17H,5-6,9,12-16H2,1-2H3. The molecule has 0 atom stereocenters. The van der Waals surface area contributed by atoms with Gasteiger partial charge in [0.05, 0.1) is 6.61 Å². The second-order valence-electron chi connectivity index (χ2n) is 7.79. The molecule has 0 saturated carbocycles. The average Bonchev–Trinajstić information content (AvgIpc) is 2.76. The lowest BCUT2D eigenvalue weighted by molar-refractivity contribution is -0.132. The molecule has 3 rings (SSSR count). The fourth-order valence-corrected chi connectivity index (χ4v) is 5.04. The molecule has 0 N–H and O–H groups in total. The van der Waals surface area contributed by atoms with E-state index in [0.29, 0.717) is 32.5 Å². The van der Waals surface area contributed by atoms with E-state index >= 15 is 0 Å². The van der Waals surface area contributed by atoms with Gasteiger partial charge < -0.3 is 9.64 Å². The molecule has 1 heterocycles. The van der Waals surface area contributed by atoms with Gasteiger partial charge in [-0.15, -0.1) is 0 Å². The van der Waals surface area contributed by atoms with Gasteiger partial charge in [-0.05, 0) is 56.0 Å². The molecule has 168 valence electrons. The maximum Gasteiger partial charge on any atom is 0.246 e. The van der Waals surface area contributed by atoms with Crippen LogP contribution in [0.2, 0.25) is 0 Å². The first-order valence-corrected chi connectivity index (χ1v) is 12.0. The van der Waals surface area contributed by atoms with Crippen molar-refractivity contribution < 1.29 is 22.3 Å². The smallest absolute Gasteiger partial charge is 0.246 e. The second-order valence-corrected chi connectivity index (χ2v) is 9.70. The highest BCUT2D eigenvalue weighted by atomic mass is 32.2. The lowest BCUT2D eigenvalue weighted by Gasteiger charge is -2.34. The lowest BCUT2D eigenvalue weighted by Crippen LogP contribution is -2.50. The van der Waals surface area contributed by atoms with E-state index in [1.165, 1.54) is 22.5 Å². The monoisotopic (exact) mass is 448 g/mol. The highest BCUT2D eigenvalue weighted by Gasteiger charge is 2.31. The van der Waals surface area contributed by atoms with Crippen molar-refractivity contribution in [1.82, 2.24) is 9.21 Å². The van der Waals surface area contributed by atoms with Crippen LogP contribution in [-0.4, -0.2) is 56.3 Å². The summed E-state index contributed by atoms with van der Waals surface area (Å²) in [7, 11) is -3.90. The van der Waals surface area contributed by atoms with Gasteiger partial charge in [-0.3, -0.25) is 4.79 Å². The van der Waals surface area contributed by atoms with Crippen molar-refractivity contribution in [2.24, 2.45) is 0 Å². The van der Waals surface area contributed by atoms with Crippen LogP contribution in [0.15, 0.2) is 47.4 Å². The van der Waals surface area contributed by atoms with Gasteiger partial charge in [0.1, 0.15) is 16.5 Å². The summed E-state index contributed by atoms with van der Waals surface area (Å²) >= 11 is 0. The number of unbranched alkanes of at least 4 members (excludes halogenated alkanes) is 1. The number of carbonyl (C=O) groups is 1. The van der Waals surface area contributed by atoms with E-state index < -0.39 is 15.8 Å². The van der Waals surface area contributed by atoms with Gasteiger partial charge >= 0.3 is 0 Å². The summed E-state index contributed by atoms with van der Waals surface area (Å²) in [4.78, 5) is 13.8. The third kappa shape index (κ3) is 5.83. The van der Waals surface area contributed by atoms with Gasteiger partial charge in [-0.25, -0.2) is 12.8 Å². The number of sulfonamides is 1. The number of amides is 1. The number of benzene rings is 2. The molecule has 8 heteroatoms. The van der Waals surface area contributed by atoms with Crippen molar-refractivity contribution in [2.45, 2.75) is 38.0 Å². The number of piperazine rings is 1. The topological polar surface area (TPSA) is 66.9 Å². The Labute approximate surface area is 183 Å². The molecule has 2 aromatic rings. The summed E-state index contributed by atoms with van der Waals surface area (Å²) in [6.45, 7) is 5.52. The van der Waals surface area contributed by atoms with E-state index in [9.17, 15) is 17.6 Å². The Morgan fingerprint density at radius 3 is 2.45 bits per heavy atom. The predicted octanol–water partition coefficient (Wildman–Crippen LogP) is 3.52. The minimum Gasteiger partial charge on any atom is -0.493 e. The van der Waals surface area contributed by atoms with Crippen molar-refractivity contribution in [3.8, 4) is 5.75 Å². The third-order valence-electron chi connectivity index (χ3n) is 5.43. The van der Waals surface area contributed by atoms with Gasteiger partial charge in [0.2, 0.25) is 15.9 Å². The Kier molecular flexibility index (Phi) is 7.67. The van der Waals surface area contributed by atoms with Crippen LogP contribution < -0.4 is 4.74 Å². The third-order valence-corrected chi connectivity index (χ3v) is 7.36. The zero-order valence-electron chi connectivity index (χ0n) is 18.0. The van der Waals surface area contributed by atoms with Crippen LogP contribution in [0.5, 0.6) is 5.75 Å². The van der Waals surface area contributed by atoms with Gasteiger partial charge in [0.15, 0.2) is 0 Å². The highest BCUT2D eigenvalue weighted by molar-refractivity contribution is 7.89. The number of hydrogen-bond donors (Lipinski definition) is 0. The molecule has 31 heavy (non-hydrogen) atoms. The Morgan fingerprint density at radius 1 is 1.03 bits per heavy atom. The molecule has 0 radical (unpaired) electrons. The van der Waals surface area contributed by atoms with Gasteiger partial charge in [0, 0.05) is 32.6 Å². The number of carbonyl (C=O) groups excluding carboxylic acids is 1. The minimum absolute atomic E-state index is 0.00896. The van der Waals surface area contributed by atoms with Crippen LogP contribution in [0.1, 0.15) is 30.4 Å². The molecular weight excluding hydrogens is 419 g/mol. The molecule has 1 amide bonds. The van der Waals surface area contributed by atoms with Gasteiger partial charge in [-0.1, -0.05) is 24.3 Å². The quantitative estimate of drug-likeness (QED) is 0.580.